The first-order chi connectivity index (χ1) is 17.6. The Kier molecular flexibility index (Phi) is 7.92. The number of aromatic nitrogens is 2. The molecule has 4 rings (SSSR count). The summed E-state index contributed by atoms with van der Waals surface area (Å²) in [4.78, 5) is 21.9. The number of para-hydroxylation sites is 1. The SMILES string of the molecule is Cc1cccc(N2CCN(CCCNC(=O)c3nc(C)n(-c4ccccc4C(F)(F)F)c3C)CC2)c1C. The van der Waals surface area contributed by atoms with Crippen LogP contribution in [0.3, 0.4) is 0 Å². The van der Waals surface area contributed by atoms with Gasteiger partial charge in [0.25, 0.3) is 5.91 Å². The third-order valence-electron chi connectivity index (χ3n) is 7.17. The van der Waals surface area contributed by atoms with Crippen LogP contribution in [0.4, 0.5) is 18.9 Å². The number of nitrogens with zero attached hydrogens (tertiary/aromatic N) is 4. The van der Waals surface area contributed by atoms with Crippen molar-refractivity contribution in [2.75, 3.05) is 44.2 Å². The number of aryl methyl sites for hydroxylation is 2. The van der Waals surface area contributed by atoms with E-state index in [4.69, 9.17) is 0 Å². The summed E-state index contributed by atoms with van der Waals surface area (Å²) < 4.78 is 42.0. The number of anilines is 1. The first-order valence-corrected chi connectivity index (χ1v) is 12.6. The van der Waals surface area contributed by atoms with Crippen molar-refractivity contribution in [1.82, 2.24) is 19.8 Å². The van der Waals surface area contributed by atoms with Crippen LogP contribution in [0.1, 0.15) is 45.1 Å². The normalized spacial score (nSPS) is 14.7. The van der Waals surface area contributed by atoms with Gasteiger partial charge >= 0.3 is 6.18 Å². The van der Waals surface area contributed by atoms with Crippen LogP contribution in [0.25, 0.3) is 5.69 Å². The maximum atomic E-state index is 13.5. The van der Waals surface area contributed by atoms with E-state index in [0.29, 0.717) is 18.1 Å². The third-order valence-corrected chi connectivity index (χ3v) is 7.17. The van der Waals surface area contributed by atoms with Crippen LogP contribution in [0, 0.1) is 27.7 Å². The molecule has 6 nitrogen and oxygen atoms in total. The zero-order valence-electron chi connectivity index (χ0n) is 21.8. The van der Waals surface area contributed by atoms with Crippen LogP contribution < -0.4 is 10.2 Å². The maximum absolute atomic E-state index is 13.5. The van der Waals surface area contributed by atoms with E-state index >= 15 is 0 Å². The van der Waals surface area contributed by atoms with E-state index in [2.05, 4.69) is 52.1 Å². The number of imidazole rings is 1. The van der Waals surface area contributed by atoms with Gasteiger partial charge < -0.3 is 10.2 Å². The lowest BCUT2D eigenvalue weighted by molar-refractivity contribution is -0.137. The summed E-state index contributed by atoms with van der Waals surface area (Å²) in [5, 5.41) is 2.89. The molecule has 0 spiro atoms. The molecule has 0 atom stereocenters. The Labute approximate surface area is 216 Å². The standard InChI is InChI=1S/C28H34F3N5O/c1-19-9-7-12-24(20(19)2)35-17-15-34(16-18-35)14-8-13-32-27(37)26-21(3)36(22(4)33-26)25-11-6-5-10-23(25)28(29,30)31/h5-7,9-12H,8,13-18H2,1-4H3,(H,32,37). The average Bonchev–Trinajstić information content (AvgIpc) is 3.17. The molecule has 2 aromatic carbocycles. The number of piperazine rings is 1. The van der Waals surface area contributed by atoms with Gasteiger partial charge in [0.15, 0.2) is 0 Å². The largest absolute Gasteiger partial charge is 0.418 e. The van der Waals surface area contributed by atoms with Crippen LogP contribution in [-0.2, 0) is 6.18 Å². The number of amides is 1. The number of carbonyl (C=O) groups excluding carboxylic acids is 1. The number of nitrogens with one attached hydrogen (secondary N) is 1. The number of benzene rings is 2. The van der Waals surface area contributed by atoms with Crippen molar-refractivity contribution in [1.29, 1.82) is 0 Å². The molecule has 0 unspecified atom stereocenters. The molecule has 1 aliphatic heterocycles. The zero-order valence-corrected chi connectivity index (χ0v) is 21.8. The molecule has 1 saturated heterocycles. The summed E-state index contributed by atoms with van der Waals surface area (Å²) in [7, 11) is 0. The lowest BCUT2D eigenvalue weighted by Crippen LogP contribution is -2.47. The average molecular weight is 514 g/mol. The molecular weight excluding hydrogens is 479 g/mol. The van der Waals surface area contributed by atoms with Gasteiger partial charge in [-0.05, 0) is 70.0 Å². The minimum Gasteiger partial charge on any atom is -0.369 e. The van der Waals surface area contributed by atoms with Crippen LogP contribution >= 0.6 is 0 Å². The number of hydrogen-bond donors (Lipinski definition) is 1. The van der Waals surface area contributed by atoms with Crippen molar-refractivity contribution in [2.45, 2.75) is 40.3 Å². The van der Waals surface area contributed by atoms with E-state index in [1.165, 1.54) is 33.5 Å². The van der Waals surface area contributed by atoms with Crippen molar-refractivity contribution in [2.24, 2.45) is 0 Å². The summed E-state index contributed by atoms with van der Waals surface area (Å²) in [5.41, 5.74) is 3.67. The molecule has 0 radical (unpaired) electrons. The quantitative estimate of drug-likeness (QED) is 0.449. The molecule has 1 aliphatic rings. The van der Waals surface area contributed by atoms with Gasteiger partial charge in [0.1, 0.15) is 11.5 Å². The van der Waals surface area contributed by atoms with E-state index in [1.807, 2.05) is 0 Å². The molecule has 0 saturated carbocycles. The number of rotatable bonds is 7. The summed E-state index contributed by atoms with van der Waals surface area (Å²) in [6.45, 7) is 12.7. The van der Waals surface area contributed by atoms with Crippen molar-refractivity contribution in [3.05, 3.63) is 76.4 Å². The van der Waals surface area contributed by atoms with Crippen LogP contribution in [0.2, 0.25) is 0 Å². The van der Waals surface area contributed by atoms with Gasteiger partial charge in [0, 0.05) is 38.4 Å². The van der Waals surface area contributed by atoms with Crippen LogP contribution in [-0.4, -0.2) is 59.6 Å². The predicted octanol–water partition coefficient (Wildman–Crippen LogP) is 5.07. The molecule has 0 bridgehead atoms. The second-order valence-electron chi connectivity index (χ2n) is 9.60. The third kappa shape index (κ3) is 5.82. The van der Waals surface area contributed by atoms with Gasteiger partial charge in [0.2, 0.25) is 0 Å². The first-order valence-electron chi connectivity index (χ1n) is 12.6. The Morgan fingerprint density at radius 3 is 2.32 bits per heavy atom. The highest BCUT2D eigenvalue weighted by atomic mass is 19.4. The first kappa shape index (κ1) is 26.7. The van der Waals surface area contributed by atoms with Crippen LogP contribution in [0.5, 0.6) is 0 Å². The Balaban J connectivity index is 1.30. The van der Waals surface area contributed by atoms with Crippen molar-refractivity contribution < 1.29 is 18.0 Å². The highest BCUT2D eigenvalue weighted by molar-refractivity contribution is 5.93. The maximum Gasteiger partial charge on any atom is 0.418 e. The smallest absolute Gasteiger partial charge is 0.369 e. The minimum atomic E-state index is -4.51. The van der Waals surface area contributed by atoms with Gasteiger partial charge in [-0.2, -0.15) is 13.2 Å². The van der Waals surface area contributed by atoms with Gasteiger partial charge in [0.05, 0.1) is 16.9 Å². The van der Waals surface area contributed by atoms with Crippen molar-refractivity contribution in [3.63, 3.8) is 0 Å². The molecule has 198 valence electrons. The number of hydrogen-bond acceptors (Lipinski definition) is 4. The molecule has 1 N–H and O–H groups in total. The Hall–Kier alpha value is -3.33. The van der Waals surface area contributed by atoms with E-state index < -0.39 is 11.7 Å². The highest BCUT2D eigenvalue weighted by Gasteiger charge is 2.34. The number of halogens is 3. The van der Waals surface area contributed by atoms with E-state index in [9.17, 15) is 18.0 Å². The fraction of sp³-hybridized carbons (Fsp3) is 0.429. The van der Waals surface area contributed by atoms with E-state index in [-0.39, 0.29) is 17.3 Å². The fourth-order valence-corrected chi connectivity index (χ4v) is 5.00. The number of alkyl halides is 3. The molecule has 3 aromatic rings. The number of carbonyl (C=O) groups is 1. The molecule has 0 aliphatic carbocycles. The minimum absolute atomic E-state index is 0.0310. The lowest BCUT2D eigenvalue weighted by atomic mass is 10.1. The second kappa shape index (κ2) is 11.0. The summed E-state index contributed by atoms with van der Waals surface area (Å²) >= 11 is 0. The highest BCUT2D eigenvalue weighted by Crippen LogP contribution is 2.35. The lowest BCUT2D eigenvalue weighted by Gasteiger charge is -2.37. The Morgan fingerprint density at radius 1 is 0.946 bits per heavy atom. The molecule has 2 heterocycles. The molecule has 37 heavy (non-hydrogen) atoms. The zero-order chi connectivity index (χ0) is 26.7. The van der Waals surface area contributed by atoms with Crippen molar-refractivity contribution >= 4 is 11.6 Å². The predicted molar refractivity (Wildman–Crippen MR) is 140 cm³/mol. The topological polar surface area (TPSA) is 53.4 Å². The molecule has 1 fully saturated rings. The monoisotopic (exact) mass is 513 g/mol. The van der Waals surface area contributed by atoms with E-state index in [1.54, 1.807) is 19.9 Å². The van der Waals surface area contributed by atoms with Gasteiger partial charge in [-0.25, -0.2) is 4.98 Å². The molecule has 1 amide bonds. The van der Waals surface area contributed by atoms with Gasteiger partial charge in [-0.3, -0.25) is 14.3 Å². The van der Waals surface area contributed by atoms with Gasteiger partial charge in [-0.15, -0.1) is 0 Å². The van der Waals surface area contributed by atoms with Gasteiger partial charge in [-0.1, -0.05) is 24.3 Å². The Morgan fingerprint density at radius 2 is 1.62 bits per heavy atom. The summed E-state index contributed by atoms with van der Waals surface area (Å²) in [6.07, 6.45) is -3.72. The van der Waals surface area contributed by atoms with Crippen molar-refractivity contribution in [3.8, 4) is 5.69 Å². The van der Waals surface area contributed by atoms with E-state index in [0.717, 1.165) is 45.2 Å². The van der Waals surface area contributed by atoms with Crippen LogP contribution in [0.15, 0.2) is 42.5 Å². The summed E-state index contributed by atoms with van der Waals surface area (Å²) in [5.74, 6) is -0.0374. The molecule has 1 aromatic heterocycles. The fourth-order valence-electron chi connectivity index (χ4n) is 5.00. The summed E-state index contributed by atoms with van der Waals surface area (Å²) in [6, 6.07) is 11.8. The second-order valence-corrected chi connectivity index (χ2v) is 9.60. The molecule has 9 heteroatoms. The molecular formula is C28H34F3N5O. The Bertz CT molecular complexity index is 1260.